The highest BCUT2D eigenvalue weighted by Gasteiger charge is 2.28. The van der Waals surface area contributed by atoms with Crippen LogP contribution in [-0.2, 0) is 13.5 Å². The highest BCUT2D eigenvalue weighted by Crippen LogP contribution is 2.43. The fourth-order valence-corrected chi connectivity index (χ4v) is 7.34. The minimum Gasteiger partial charge on any atom is -0.307 e. The Morgan fingerprint density at radius 1 is 0.886 bits per heavy atom. The predicted molar refractivity (Wildman–Crippen MR) is 155 cm³/mol. The highest BCUT2D eigenvalue weighted by atomic mass is 28.3. The van der Waals surface area contributed by atoms with Crippen molar-refractivity contribution in [3.05, 3.63) is 65.4 Å². The van der Waals surface area contributed by atoms with Gasteiger partial charge in [0.2, 0.25) is 5.52 Å². The number of fused-ring (bicyclic) bond motifs is 5. The fraction of sp³-hybridized carbons (Fsp3) is 0.344. The Labute approximate surface area is 209 Å². The van der Waals surface area contributed by atoms with Gasteiger partial charge in [-0.2, -0.15) is 0 Å². The van der Waals surface area contributed by atoms with Gasteiger partial charge in [-0.3, -0.25) is 0 Å². The molecule has 35 heavy (non-hydrogen) atoms. The maximum atomic E-state index is 2.61. The van der Waals surface area contributed by atoms with Crippen LogP contribution in [0.3, 0.4) is 0 Å². The summed E-state index contributed by atoms with van der Waals surface area (Å²) in [6.45, 7) is 19.0. The molecule has 0 saturated heterocycles. The van der Waals surface area contributed by atoms with Gasteiger partial charge in [-0.05, 0) is 66.0 Å². The lowest BCUT2D eigenvalue weighted by Gasteiger charge is -2.20. The van der Waals surface area contributed by atoms with Crippen molar-refractivity contribution in [3.8, 4) is 0 Å². The summed E-state index contributed by atoms with van der Waals surface area (Å²) in [6.07, 6.45) is 3.32. The van der Waals surface area contributed by atoms with Gasteiger partial charge in [-0.25, -0.2) is 4.57 Å². The zero-order valence-corrected chi connectivity index (χ0v) is 23.7. The monoisotopic (exact) mass is 477 g/mol. The minimum absolute atomic E-state index is 0.228. The largest absolute Gasteiger partial charge is 0.307 e. The third-order valence-electron chi connectivity index (χ3n) is 7.96. The lowest BCUT2D eigenvalue weighted by atomic mass is 9.86. The standard InChI is InChI=1S/C32H37N2Si/c1-19-15-24-28-22(18-32(3,4)5)11-10-12-25(28)34-26-17-23(35(7,8)9)16-21-13-14-33(6)31(29(21)26)27(20(19)2)30(24)34/h10-17H,18H2,1-9H3/q+1. The molecule has 3 aromatic heterocycles. The number of rotatable bonds is 2. The molecule has 0 aliphatic heterocycles. The summed E-state index contributed by atoms with van der Waals surface area (Å²) in [7, 11) is 0.701. The van der Waals surface area contributed by atoms with Crippen molar-refractivity contribution in [1.29, 1.82) is 0 Å². The molecule has 2 nitrogen and oxygen atoms in total. The summed E-state index contributed by atoms with van der Waals surface area (Å²) in [5.41, 5.74) is 9.89. The fourth-order valence-electron chi connectivity index (χ4n) is 6.18. The third kappa shape index (κ3) is 3.17. The van der Waals surface area contributed by atoms with Gasteiger partial charge in [0, 0.05) is 16.8 Å². The average molecular weight is 478 g/mol. The summed E-state index contributed by atoms with van der Waals surface area (Å²) < 4.78 is 4.95. The topological polar surface area (TPSA) is 8.29 Å². The van der Waals surface area contributed by atoms with Crippen LogP contribution in [0, 0.1) is 19.3 Å². The first-order valence-electron chi connectivity index (χ1n) is 12.9. The number of hydrogen-bond acceptors (Lipinski definition) is 0. The molecule has 6 rings (SSSR count). The van der Waals surface area contributed by atoms with E-state index in [4.69, 9.17) is 0 Å². The van der Waals surface area contributed by atoms with E-state index < -0.39 is 8.07 Å². The smallest absolute Gasteiger partial charge is 0.224 e. The normalized spacial score (nSPS) is 13.4. The van der Waals surface area contributed by atoms with Crippen LogP contribution in [-0.4, -0.2) is 12.5 Å². The highest BCUT2D eigenvalue weighted by molar-refractivity contribution is 6.89. The van der Waals surface area contributed by atoms with Crippen LogP contribution >= 0.6 is 0 Å². The Bertz CT molecular complexity index is 1810. The first-order chi connectivity index (χ1) is 16.4. The zero-order chi connectivity index (χ0) is 25.0. The Balaban J connectivity index is 1.99. The van der Waals surface area contributed by atoms with Crippen molar-refractivity contribution in [2.45, 2.75) is 60.7 Å². The number of nitrogens with zero attached hydrogens (tertiary/aromatic N) is 2. The Kier molecular flexibility index (Phi) is 4.55. The van der Waals surface area contributed by atoms with Crippen LogP contribution in [0.5, 0.6) is 0 Å². The van der Waals surface area contributed by atoms with Crippen LogP contribution in [0.25, 0.3) is 49.0 Å². The van der Waals surface area contributed by atoms with Crippen molar-refractivity contribution in [2.24, 2.45) is 12.5 Å². The number of benzene rings is 3. The molecule has 3 heteroatoms. The molecule has 0 aliphatic carbocycles. The van der Waals surface area contributed by atoms with E-state index in [0.717, 1.165) is 6.42 Å². The lowest BCUT2D eigenvalue weighted by molar-refractivity contribution is -0.643. The molecule has 0 atom stereocenters. The van der Waals surface area contributed by atoms with Crippen LogP contribution in [0.2, 0.25) is 19.6 Å². The van der Waals surface area contributed by atoms with E-state index in [0.29, 0.717) is 0 Å². The molecule has 3 aromatic carbocycles. The van der Waals surface area contributed by atoms with Gasteiger partial charge in [0.1, 0.15) is 7.05 Å². The molecule has 178 valence electrons. The Hall–Kier alpha value is -2.91. The second-order valence-corrected chi connectivity index (χ2v) is 18.0. The van der Waals surface area contributed by atoms with Gasteiger partial charge in [0.25, 0.3) is 0 Å². The molecule has 3 heterocycles. The summed E-state index contributed by atoms with van der Waals surface area (Å²) in [6, 6.07) is 16.7. The molecule has 0 amide bonds. The third-order valence-corrected chi connectivity index (χ3v) is 9.98. The second-order valence-electron chi connectivity index (χ2n) is 13.0. The van der Waals surface area contributed by atoms with E-state index in [1.807, 2.05) is 0 Å². The molecule has 0 unspecified atom stereocenters. The minimum atomic E-state index is -1.51. The molecule has 0 bridgehead atoms. The molecular formula is C32H37N2Si+. The quantitative estimate of drug-likeness (QED) is 0.105. The van der Waals surface area contributed by atoms with Crippen LogP contribution in [0.15, 0.2) is 48.7 Å². The Morgan fingerprint density at radius 3 is 2.31 bits per heavy atom. The summed E-state index contributed by atoms with van der Waals surface area (Å²) in [4.78, 5) is 0. The summed E-state index contributed by atoms with van der Waals surface area (Å²) in [5, 5.41) is 8.51. The van der Waals surface area contributed by atoms with Gasteiger partial charge < -0.3 is 4.40 Å². The van der Waals surface area contributed by atoms with E-state index in [9.17, 15) is 0 Å². The van der Waals surface area contributed by atoms with E-state index in [1.54, 1.807) is 0 Å². The first kappa shape index (κ1) is 22.5. The molecule has 0 spiro atoms. The van der Waals surface area contributed by atoms with Crippen LogP contribution in [0.1, 0.15) is 37.5 Å². The van der Waals surface area contributed by atoms with E-state index in [-0.39, 0.29) is 5.41 Å². The van der Waals surface area contributed by atoms with Gasteiger partial charge in [-0.15, -0.1) is 0 Å². The molecule has 0 aliphatic rings. The zero-order valence-electron chi connectivity index (χ0n) is 22.7. The van der Waals surface area contributed by atoms with Crippen LogP contribution < -0.4 is 9.75 Å². The second kappa shape index (κ2) is 7.07. The van der Waals surface area contributed by atoms with Crippen molar-refractivity contribution in [2.75, 3.05) is 0 Å². The number of aryl methyl sites for hydroxylation is 3. The van der Waals surface area contributed by atoms with E-state index in [1.165, 1.54) is 70.9 Å². The number of pyridine rings is 2. The molecular weight excluding hydrogens is 440 g/mol. The molecule has 6 aromatic rings. The SMILES string of the molecule is Cc1cc2c3c(CC(C)(C)C)cccc3n3c4cc([Si](C)(C)C)cc5cc[n+](C)c(c(c1C)c23)c54. The van der Waals surface area contributed by atoms with E-state index >= 15 is 0 Å². The molecule has 0 radical (unpaired) electrons. The maximum Gasteiger partial charge on any atom is 0.224 e. The van der Waals surface area contributed by atoms with E-state index in [2.05, 4.69) is 119 Å². The number of aromatic nitrogens is 2. The predicted octanol–water partition coefficient (Wildman–Crippen LogP) is 7.57. The summed E-state index contributed by atoms with van der Waals surface area (Å²) >= 11 is 0. The molecule has 0 fully saturated rings. The van der Waals surface area contributed by atoms with Crippen molar-refractivity contribution in [3.63, 3.8) is 0 Å². The van der Waals surface area contributed by atoms with Gasteiger partial charge in [-0.1, -0.05) is 63.8 Å². The molecule has 0 N–H and O–H groups in total. The molecule has 0 saturated carbocycles. The van der Waals surface area contributed by atoms with Crippen LogP contribution in [0.4, 0.5) is 0 Å². The first-order valence-corrected chi connectivity index (χ1v) is 16.4. The lowest BCUT2D eigenvalue weighted by Crippen LogP contribution is -2.38. The average Bonchev–Trinajstić information content (AvgIpc) is 3.08. The summed E-state index contributed by atoms with van der Waals surface area (Å²) in [5.74, 6) is 0. The van der Waals surface area contributed by atoms with Crippen molar-refractivity contribution >= 4 is 62.3 Å². The van der Waals surface area contributed by atoms with Crippen molar-refractivity contribution in [1.82, 2.24) is 4.40 Å². The Morgan fingerprint density at radius 2 is 1.63 bits per heavy atom. The maximum absolute atomic E-state index is 2.61. The van der Waals surface area contributed by atoms with Crippen molar-refractivity contribution < 1.29 is 4.57 Å². The van der Waals surface area contributed by atoms with Gasteiger partial charge >= 0.3 is 0 Å². The number of hydrogen-bond donors (Lipinski definition) is 0. The van der Waals surface area contributed by atoms with Gasteiger partial charge in [0.15, 0.2) is 6.20 Å². The van der Waals surface area contributed by atoms with Gasteiger partial charge in [0.05, 0.1) is 35.4 Å².